The van der Waals surface area contributed by atoms with Crippen molar-refractivity contribution < 1.29 is 14.7 Å². The van der Waals surface area contributed by atoms with E-state index >= 15 is 0 Å². The van der Waals surface area contributed by atoms with Gasteiger partial charge in [0, 0.05) is 6.20 Å². The second kappa shape index (κ2) is 3.80. The van der Waals surface area contributed by atoms with E-state index in [2.05, 4.69) is 4.98 Å². The monoisotopic (exact) mass is 179 g/mol. The number of hydrogen-bond acceptors (Lipinski definition) is 3. The van der Waals surface area contributed by atoms with Crippen molar-refractivity contribution in [2.45, 2.75) is 13.3 Å². The van der Waals surface area contributed by atoms with Crippen LogP contribution in [0.4, 0.5) is 0 Å². The van der Waals surface area contributed by atoms with Crippen molar-refractivity contribution in [3.05, 3.63) is 29.1 Å². The summed E-state index contributed by atoms with van der Waals surface area (Å²) in [5.41, 5.74) is 0.854. The summed E-state index contributed by atoms with van der Waals surface area (Å²) in [5, 5.41) is 8.77. The predicted octanol–water partition coefficient (Wildman–Crippen LogP) is 1.15. The van der Waals surface area contributed by atoms with Crippen LogP contribution in [0.5, 0.6) is 0 Å². The first-order valence-electron chi connectivity index (χ1n) is 3.87. The van der Waals surface area contributed by atoms with Gasteiger partial charge in [0.25, 0.3) is 0 Å². The molecular weight excluding hydrogens is 170 g/mol. The third-order valence-electron chi connectivity index (χ3n) is 1.78. The molecule has 1 heterocycles. The van der Waals surface area contributed by atoms with Crippen molar-refractivity contribution in [2.75, 3.05) is 0 Å². The molecule has 0 aliphatic heterocycles. The quantitative estimate of drug-likeness (QED) is 0.707. The number of nitrogens with zero attached hydrogens (tertiary/aromatic N) is 1. The Bertz CT molecular complexity index is 347. The van der Waals surface area contributed by atoms with Gasteiger partial charge in [0.1, 0.15) is 5.69 Å². The first kappa shape index (κ1) is 9.38. The number of carbonyl (C=O) groups is 2. The number of rotatable bonds is 3. The molecule has 13 heavy (non-hydrogen) atoms. The van der Waals surface area contributed by atoms with Gasteiger partial charge in [-0.25, -0.2) is 4.79 Å². The molecule has 0 atom stereocenters. The summed E-state index contributed by atoms with van der Waals surface area (Å²) in [7, 11) is 0. The van der Waals surface area contributed by atoms with E-state index in [0.717, 1.165) is 0 Å². The zero-order chi connectivity index (χ0) is 9.84. The molecule has 0 spiro atoms. The van der Waals surface area contributed by atoms with E-state index in [0.29, 0.717) is 18.3 Å². The molecule has 1 rings (SSSR count). The average Bonchev–Trinajstić information content (AvgIpc) is 2.16. The molecule has 0 saturated carbocycles. The lowest BCUT2D eigenvalue weighted by molar-refractivity contribution is 0.0695. The minimum Gasteiger partial charge on any atom is -0.478 e. The van der Waals surface area contributed by atoms with Gasteiger partial charge in [-0.2, -0.15) is 0 Å². The van der Waals surface area contributed by atoms with Crippen molar-refractivity contribution in [1.82, 2.24) is 4.98 Å². The molecule has 0 fully saturated rings. The Morgan fingerprint density at radius 3 is 2.85 bits per heavy atom. The molecule has 0 aliphatic rings. The molecule has 0 aromatic carbocycles. The van der Waals surface area contributed by atoms with Crippen molar-refractivity contribution in [3.63, 3.8) is 0 Å². The summed E-state index contributed by atoms with van der Waals surface area (Å²) in [4.78, 5) is 25.0. The lowest BCUT2D eigenvalue weighted by Gasteiger charge is -2.03. The fourth-order valence-corrected chi connectivity index (χ4v) is 1.18. The van der Waals surface area contributed by atoms with Crippen LogP contribution in [0.2, 0.25) is 0 Å². The second-order valence-electron chi connectivity index (χ2n) is 2.50. The first-order valence-corrected chi connectivity index (χ1v) is 3.87. The molecule has 4 heteroatoms. The maximum atomic E-state index is 10.7. The van der Waals surface area contributed by atoms with Crippen LogP contribution < -0.4 is 0 Å². The largest absolute Gasteiger partial charge is 0.478 e. The second-order valence-corrected chi connectivity index (χ2v) is 2.50. The van der Waals surface area contributed by atoms with Crippen LogP contribution in [0.1, 0.15) is 33.3 Å². The zero-order valence-corrected chi connectivity index (χ0v) is 7.15. The highest BCUT2D eigenvalue weighted by molar-refractivity contribution is 5.92. The van der Waals surface area contributed by atoms with E-state index in [9.17, 15) is 9.59 Å². The Balaban J connectivity index is 3.35. The van der Waals surface area contributed by atoms with E-state index < -0.39 is 5.97 Å². The molecule has 0 unspecified atom stereocenters. The van der Waals surface area contributed by atoms with Crippen LogP contribution in [0.3, 0.4) is 0 Å². The Kier molecular flexibility index (Phi) is 2.74. The van der Waals surface area contributed by atoms with Gasteiger partial charge in [-0.05, 0) is 18.1 Å². The molecule has 4 nitrogen and oxygen atoms in total. The van der Waals surface area contributed by atoms with Gasteiger partial charge < -0.3 is 5.11 Å². The number of aromatic carboxylic acids is 1. The molecule has 1 N–H and O–H groups in total. The number of pyridine rings is 1. The lowest BCUT2D eigenvalue weighted by atomic mass is 10.0. The van der Waals surface area contributed by atoms with Crippen LogP contribution in [0.15, 0.2) is 12.3 Å². The van der Waals surface area contributed by atoms with Gasteiger partial charge in [0.15, 0.2) is 6.29 Å². The fourth-order valence-electron chi connectivity index (χ4n) is 1.18. The SMILES string of the molecule is CCc1c(C(=O)O)ccnc1C=O. The van der Waals surface area contributed by atoms with Gasteiger partial charge in [0.2, 0.25) is 0 Å². The number of aromatic nitrogens is 1. The summed E-state index contributed by atoms with van der Waals surface area (Å²) < 4.78 is 0. The minimum atomic E-state index is -1.03. The number of aldehydes is 1. The van der Waals surface area contributed by atoms with Crippen LogP contribution in [-0.4, -0.2) is 22.3 Å². The maximum absolute atomic E-state index is 10.7. The molecule has 0 bridgehead atoms. The average molecular weight is 179 g/mol. The highest BCUT2D eigenvalue weighted by Crippen LogP contribution is 2.11. The summed E-state index contributed by atoms with van der Waals surface area (Å²) in [6.45, 7) is 1.79. The Labute approximate surface area is 75.2 Å². The third kappa shape index (κ3) is 1.72. The topological polar surface area (TPSA) is 67.3 Å². The summed E-state index contributed by atoms with van der Waals surface area (Å²) in [6, 6.07) is 1.40. The minimum absolute atomic E-state index is 0.152. The zero-order valence-electron chi connectivity index (χ0n) is 7.15. The third-order valence-corrected chi connectivity index (χ3v) is 1.78. The molecular formula is C9H9NO3. The summed E-state index contributed by atoms with van der Waals surface area (Å²) in [5.74, 6) is -1.03. The van der Waals surface area contributed by atoms with Crippen LogP contribution in [0, 0.1) is 0 Å². The van der Waals surface area contributed by atoms with Gasteiger partial charge in [-0.3, -0.25) is 9.78 Å². The molecule has 68 valence electrons. The number of carbonyl (C=O) groups excluding carboxylic acids is 1. The Hall–Kier alpha value is -1.71. The van der Waals surface area contributed by atoms with Gasteiger partial charge in [-0.15, -0.1) is 0 Å². The van der Waals surface area contributed by atoms with Gasteiger partial charge >= 0.3 is 5.97 Å². The molecule has 1 aromatic rings. The van der Waals surface area contributed by atoms with Crippen LogP contribution in [0.25, 0.3) is 0 Å². The van der Waals surface area contributed by atoms with E-state index in [-0.39, 0.29) is 11.3 Å². The molecule has 0 amide bonds. The van der Waals surface area contributed by atoms with E-state index in [1.165, 1.54) is 12.3 Å². The van der Waals surface area contributed by atoms with Gasteiger partial charge in [0.05, 0.1) is 5.56 Å². The van der Waals surface area contributed by atoms with Crippen molar-refractivity contribution in [2.24, 2.45) is 0 Å². The van der Waals surface area contributed by atoms with Gasteiger partial charge in [-0.1, -0.05) is 6.92 Å². The lowest BCUT2D eigenvalue weighted by Crippen LogP contribution is -2.06. The first-order chi connectivity index (χ1) is 6.20. The number of carboxylic acid groups (broad SMARTS) is 1. The number of hydrogen-bond donors (Lipinski definition) is 1. The van der Waals surface area contributed by atoms with E-state index in [1.54, 1.807) is 6.92 Å². The summed E-state index contributed by atoms with van der Waals surface area (Å²) in [6.07, 6.45) is 2.39. The van der Waals surface area contributed by atoms with Crippen LogP contribution >= 0.6 is 0 Å². The predicted molar refractivity (Wildman–Crippen MR) is 46.0 cm³/mol. The Morgan fingerprint density at radius 1 is 1.69 bits per heavy atom. The maximum Gasteiger partial charge on any atom is 0.336 e. The van der Waals surface area contributed by atoms with Crippen molar-refractivity contribution in [3.8, 4) is 0 Å². The van der Waals surface area contributed by atoms with Crippen molar-refractivity contribution >= 4 is 12.3 Å². The highest BCUT2D eigenvalue weighted by Gasteiger charge is 2.12. The number of carboxylic acids is 1. The van der Waals surface area contributed by atoms with Crippen molar-refractivity contribution in [1.29, 1.82) is 0 Å². The summed E-state index contributed by atoms with van der Waals surface area (Å²) >= 11 is 0. The molecule has 0 radical (unpaired) electrons. The Morgan fingerprint density at radius 2 is 2.38 bits per heavy atom. The molecule has 0 aliphatic carbocycles. The molecule has 1 aromatic heterocycles. The fraction of sp³-hybridized carbons (Fsp3) is 0.222. The highest BCUT2D eigenvalue weighted by atomic mass is 16.4. The molecule has 0 saturated heterocycles. The standard InChI is InChI=1S/C9H9NO3/c1-2-6-7(9(12)13)3-4-10-8(6)5-11/h3-5H,2H2,1H3,(H,12,13). The van der Waals surface area contributed by atoms with E-state index in [1.807, 2.05) is 0 Å². The van der Waals surface area contributed by atoms with Crippen LogP contribution in [-0.2, 0) is 6.42 Å². The smallest absolute Gasteiger partial charge is 0.336 e. The normalized spacial score (nSPS) is 9.62. The van der Waals surface area contributed by atoms with E-state index in [4.69, 9.17) is 5.11 Å².